The van der Waals surface area contributed by atoms with E-state index in [0.717, 1.165) is 41.4 Å². The number of rotatable bonds is 6. The van der Waals surface area contributed by atoms with E-state index in [1.165, 1.54) is 6.42 Å². The van der Waals surface area contributed by atoms with Crippen molar-refractivity contribution in [2.24, 2.45) is 0 Å². The quantitative estimate of drug-likeness (QED) is 0.639. The number of ether oxygens (including phenoxy) is 1. The van der Waals surface area contributed by atoms with Crippen molar-refractivity contribution in [2.75, 3.05) is 7.11 Å². The van der Waals surface area contributed by atoms with Crippen LogP contribution in [0, 0.1) is 0 Å². The van der Waals surface area contributed by atoms with Crippen LogP contribution >= 0.6 is 0 Å². The van der Waals surface area contributed by atoms with E-state index in [2.05, 4.69) is 54.1 Å². The molecule has 2 aromatic carbocycles. The van der Waals surface area contributed by atoms with E-state index in [9.17, 15) is 0 Å². The molecule has 0 N–H and O–H groups in total. The van der Waals surface area contributed by atoms with Crippen molar-refractivity contribution in [3.05, 3.63) is 60.8 Å². The van der Waals surface area contributed by atoms with Crippen LogP contribution in [0.4, 0.5) is 0 Å². The first-order chi connectivity index (χ1) is 11.3. The lowest BCUT2D eigenvalue weighted by Crippen LogP contribution is -1.98. The number of hydrogen-bond donors (Lipinski definition) is 0. The molecule has 0 atom stereocenters. The van der Waals surface area contributed by atoms with Crippen LogP contribution in [0.2, 0.25) is 0 Å². The Balaban J connectivity index is 1.99. The molecule has 1 aromatic heterocycles. The zero-order valence-electron chi connectivity index (χ0n) is 13.7. The topological polar surface area (TPSA) is 27.1 Å². The molecule has 0 amide bonds. The molecule has 3 aromatic rings. The van der Waals surface area contributed by atoms with Gasteiger partial charge in [-0.25, -0.2) is 4.98 Å². The number of nitrogens with zero attached hydrogens (tertiary/aromatic N) is 2. The third-order valence-electron chi connectivity index (χ3n) is 3.95. The highest BCUT2D eigenvalue weighted by Gasteiger charge is 2.11. The number of imidazole rings is 1. The number of unbranched alkanes of at least 4 members (excludes halogenated alkanes) is 1. The Hall–Kier alpha value is -2.55. The zero-order valence-corrected chi connectivity index (χ0v) is 13.7. The third-order valence-corrected chi connectivity index (χ3v) is 3.95. The van der Waals surface area contributed by atoms with E-state index >= 15 is 0 Å². The average Bonchev–Trinajstić information content (AvgIpc) is 3.05. The molecule has 0 unspecified atom stereocenters. The van der Waals surface area contributed by atoms with Crippen LogP contribution < -0.4 is 4.74 Å². The fourth-order valence-electron chi connectivity index (χ4n) is 2.63. The summed E-state index contributed by atoms with van der Waals surface area (Å²) in [6.07, 6.45) is 4.47. The van der Waals surface area contributed by atoms with Crippen molar-refractivity contribution >= 4 is 0 Å². The highest BCUT2D eigenvalue weighted by molar-refractivity contribution is 5.65. The van der Waals surface area contributed by atoms with Crippen LogP contribution in [-0.2, 0) is 6.54 Å². The smallest absolute Gasteiger partial charge is 0.140 e. The molecule has 0 aliphatic rings. The maximum atomic E-state index is 5.23. The van der Waals surface area contributed by atoms with E-state index in [1.54, 1.807) is 7.11 Å². The minimum atomic E-state index is 0.863. The average molecular weight is 306 g/mol. The van der Waals surface area contributed by atoms with Gasteiger partial charge in [-0.1, -0.05) is 43.7 Å². The second kappa shape index (κ2) is 7.14. The molecule has 0 bridgehead atoms. The summed E-state index contributed by atoms with van der Waals surface area (Å²) in [5.41, 5.74) is 3.27. The molecule has 3 rings (SSSR count). The molecule has 0 aliphatic heterocycles. The van der Waals surface area contributed by atoms with Crippen molar-refractivity contribution < 1.29 is 4.74 Å². The Bertz CT molecular complexity index is 745. The summed E-state index contributed by atoms with van der Waals surface area (Å²) in [6, 6.07) is 18.4. The van der Waals surface area contributed by atoms with Crippen molar-refractivity contribution in [3.8, 4) is 28.4 Å². The number of methoxy groups -OCH3 is 1. The highest BCUT2D eigenvalue weighted by Crippen LogP contribution is 2.26. The van der Waals surface area contributed by atoms with Gasteiger partial charge in [0.15, 0.2) is 0 Å². The molecule has 3 nitrogen and oxygen atoms in total. The molecule has 0 saturated heterocycles. The molecule has 0 saturated carbocycles. The summed E-state index contributed by atoms with van der Waals surface area (Å²) in [4.78, 5) is 4.88. The standard InChI is InChI=1S/C20H22N2O/c1-3-4-14-22-15-19(16-10-12-18(23-2)13-11-16)21-20(22)17-8-6-5-7-9-17/h5-13,15H,3-4,14H2,1-2H3. The van der Waals surface area contributed by atoms with Crippen molar-refractivity contribution in [3.63, 3.8) is 0 Å². The molecule has 0 spiro atoms. The summed E-state index contributed by atoms with van der Waals surface area (Å²) in [7, 11) is 1.68. The molecule has 23 heavy (non-hydrogen) atoms. The second-order valence-electron chi connectivity index (χ2n) is 5.59. The lowest BCUT2D eigenvalue weighted by molar-refractivity contribution is 0.415. The first kappa shape index (κ1) is 15.3. The van der Waals surface area contributed by atoms with Crippen LogP contribution in [0.3, 0.4) is 0 Å². The Labute approximate surface area is 137 Å². The van der Waals surface area contributed by atoms with Crippen molar-refractivity contribution in [1.29, 1.82) is 0 Å². The van der Waals surface area contributed by atoms with Crippen LogP contribution in [0.5, 0.6) is 5.75 Å². The van der Waals surface area contributed by atoms with Crippen molar-refractivity contribution in [2.45, 2.75) is 26.3 Å². The van der Waals surface area contributed by atoms with Gasteiger partial charge in [-0.2, -0.15) is 0 Å². The molecule has 0 fully saturated rings. The maximum Gasteiger partial charge on any atom is 0.140 e. The van der Waals surface area contributed by atoms with E-state index in [-0.39, 0.29) is 0 Å². The van der Waals surface area contributed by atoms with Crippen LogP contribution in [0.1, 0.15) is 19.8 Å². The predicted molar refractivity (Wildman–Crippen MR) is 94.6 cm³/mol. The molecule has 1 heterocycles. The molecular weight excluding hydrogens is 284 g/mol. The van der Waals surface area contributed by atoms with E-state index in [0.29, 0.717) is 0 Å². The highest BCUT2D eigenvalue weighted by atomic mass is 16.5. The lowest BCUT2D eigenvalue weighted by Gasteiger charge is -2.06. The van der Waals surface area contributed by atoms with Gasteiger partial charge in [0.05, 0.1) is 12.8 Å². The van der Waals surface area contributed by atoms with Crippen molar-refractivity contribution in [1.82, 2.24) is 9.55 Å². The first-order valence-electron chi connectivity index (χ1n) is 8.09. The van der Waals surface area contributed by atoms with Crippen LogP contribution in [0.25, 0.3) is 22.6 Å². The van der Waals surface area contributed by atoms with Crippen LogP contribution in [0.15, 0.2) is 60.8 Å². The summed E-state index contributed by atoms with van der Waals surface area (Å²) >= 11 is 0. The first-order valence-corrected chi connectivity index (χ1v) is 8.09. The summed E-state index contributed by atoms with van der Waals surface area (Å²) in [5.74, 6) is 1.90. The second-order valence-corrected chi connectivity index (χ2v) is 5.59. The largest absolute Gasteiger partial charge is 0.497 e. The molecule has 118 valence electrons. The zero-order chi connectivity index (χ0) is 16.1. The van der Waals surface area contributed by atoms with Gasteiger partial charge in [-0.05, 0) is 30.7 Å². The molecular formula is C20H22N2O. The monoisotopic (exact) mass is 306 g/mol. The normalized spacial score (nSPS) is 10.7. The lowest BCUT2D eigenvalue weighted by atomic mass is 10.1. The van der Waals surface area contributed by atoms with Gasteiger partial charge >= 0.3 is 0 Å². The summed E-state index contributed by atoms with van der Waals surface area (Å²) < 4.78 is 7.49. The predicted octanol–water partition coefficient (Wildman–Crippen LogP) is 5.03. The molecule has 0 radical (unpaired) electrons. The number of aromatic nitrogens is 2. The minimum absolute atomic E-state index is 0.863. The van der Waals surface area contributed by atoms with E-state index < -0.39 is 0 Å². The van der Waals surface area contributed by atoms with E-state index in [1.807, 2.05) is 18.2 Å². The summed E-state index contributed by atoms with van der Waals surface area (Å²) in [5, 5.41) is 0. The Morgan fingerprint density at radius 1 is 0.957 bits per heavy atom. The number of aryl methyl sites for hydroxylation is 1. The van der Waals surface area contributed by atoms with Gasteiger partial charge in [-0.3, -0.25) is 0 Å². The van der Waals surface area contributed by atoms with Gasteiger partial charge in [-0.15, -0.1) is 0 Å². The fraction of sp³-hybridized carbons (Fsp3) is 0.250. The van der Waals surface area contributed by atoms with Gasteiger partial charge in [0, 0.05) is 23.9 Å². The Morgan fingerprint density at radius 2 is 1.70 bits per heavy atom. The Kier molecular flexibility index (Phi) is 4.77. The van der Waals surface area contributed by atoms with E-state index in [4.69, 9.17) is 9.72 Å². The van der Waals surface area contributed by atoms with Crippen LogP contribution in [-0.4, -0.2) is 16.7 Å². The number of hydrogen-bond acceptors (Lipinski definition) is 2. The minimum Gasteiger partial charge on any atom is -0.497 e. The number of benzene rings is 2. The van der Waals surface area contributed by atoms with Gasteiger partial charge in [0.2, 0.25) is 0 Å². The summed E-state index contributed by atoms with van der Waals surface area (Å²) in [6.45, 7) is 3.20. The van der Waals surface area contributed by atoms with Gasteiger partial charge in [0.25, 0.3) is 0 Å². The van der Waals surface area contributed by atoms with Gasteiger partial charge < -0.3 is 9.30 Å². The Morgan fingerprint density at radius 3 is 2.35 bits per heavy atom. The third kappa shape index (κ3) is 3.45. The molecule has 0 aliphatic carbocycles. The molecule has 3 heteroatoms. The fourth-order valence-corrected chi connectivity index (χ4v) is 2.63. The van der Waals surface area contributed by atoms with Gasteiger partial charge in [0.1, 0.15) is 11.6 Å². The SMILES string of the molecule is CCCCn1cc(-c2ccc(OC)cc2)nc1-c1ccccc1. The maximum absolute atomic E-state index is 5.23.